The maximum atomic E-state index is 6.00. The Morgan fingerprint density at radius 2 is 1.86 bits per heavy atom. The van der Waals surface area contributed by atoms with E-state index in [4.69, 9.17) is 9.15 Å². The highest BCUT2D eigenvalue weighted by Crippen LogP contribution is 2.33. The molecule has 1 aromatic carbocycles. The molecule has 0 radical (unpaired) electrons. The summed E-state index contributed by atoms with van der Waals surface area (Å²) in [5, 5.41) is 1.03. The Morgan fingerprint density at radius 1 is 1.10 bits per heavy atom. The number of hydrogen-bond acceptors (Lipinski definition) is 5. The molecule has 5 nitrogen and oxygen atoms in total. The van der Waals surface area contributed by atoms with Crippen LogP contribution in [0.4, 0.5) is 5.82 Å². The van der Waals surface area contributed by atoms with Gasteiger partial charge in [0.05, 0.1) is 12.2 Å². The fraction of sp³-hybridized carbons (Fsp3) is 0.375. The Kier molecular flexibility index (Phi) is 2.82. The standard InChI is InChI=1S/C16H17N3O2/c1-10-7-19(8-11(2)20-10)16-15-14(17-9-18-16)12-5-3-4-6-13(12)21-15/h3-6,9-11H,7-8H2,1-2H3/t10-,11+. The molecule has 0 spiro atoms. The third kappa shape index (κ3) is 2.05. The minimum absolute atomic E-state index is 0.183. The smallest absolute Gasteiger partial charge is 0.196 e. The topological polar surface area (TPSA) is 51.4 Å². The molecule has 21 heavy (non-hydrogen) atoms. The van der Waals surface area contributed by atoms with E-state index < -0.39 is 0 Å². The predicted octanol–water partition coefficient (Wildman–Crippen LogP) is 2.99. The molecule has 108 valence electrons. The second-order valence-electron chi connectivity index (χ2n) is 5.64. The summed E-state index contributed by atoms with van der Waals surface area (Å²) in [5.74, 6) is 0.859. The molecule has 2 aromatic heterocycles. The lowest BCUT2D eigenvalue weighted by Crippen LogP contribution is -2.45. The first kappa shape index (κ1) is 12.6. The molecule has 0 saturated carbocycles. The Bertz CT molecular complexity index is 788. The van der Waals surface area contributed by atoms with Gasteiger partial charge in [0.1, 0.15) is 17.4 Å². The van der Waals surface area contributed by atoms with Crippen molar-refractivity contribution in [1.82, 2.24) is 9.97 Å². The van der Waals surface area contributed by atoms with E-state index in [1.807, 2.05) is 24.3 Å². The molecule has 4 rings (SSSR count). The van der Waals surface area contributed by atoms with Crippen molar-refractivity contribution in [3.63, 3.8) is 0 Å². The van der Waals surface area contributed by atoms with E-state index in [1.165, 1.54) is 0 Å². The fourth-order valence-corrected chi connectivity index (χ4v) is 3.09. The number of benzene rings is 1. The SMILES string of the molecule is C[C@@H]1CN(c2ncnc3c2oc2ccccc23)C[C@H](C)O1. The van der Waals surface area contributed by atoms with Gasteiger partial charge in [-0.2, -0.15) is 0 Å². The van der Waals surface area contributed by atoms with E-state index in [-0.39, 0.29) is 12.2 Å². The van der Waals surface area contributed by atoms with Crippen molar-refractivity contribution in [3.8, 4) is 0 Å². The van der Waals surface area contributed by atoms with E-state index in [0.29, 0.717) is 0 Å². The minimum atomic E-state index is 0.183. The number of rotatable bonds is 1. The molecule has 1 aliphatic rings. The Labute approximate surface area is 122 Å². The molecule has 3 heterocycles. The van der Waals surface area contributed by atoms with Gasteiger partial charge < -0.3 is 14.1 Å². The second-order valence-corrected chi connectivity index (χ2v) is 5.64. The summed E-state index contributed by atoms with van der Waals surface area (Å²) in [6.07, 6.45) is 1.98. The molecular weight excluding hydrogens is 266 g/mol. The van der Waals surface area contributed by atoms with Gasteiger partial charge in [0.25, 0.3) is 0 Å². The van der Waals surface area contributed by atoms with Crippen molar-refractivity contribution < 1.29 is 9.15 Å². The van der Waals surface area contributed by atoms with Crippen molar-refractivity contribution >= 4 is 27.9 Å². The first-order chi connectivity index (χ1) is 10.2. The maximum Gasteiger partial charge on any atom is 0.196 e. The third-order valence-electron chi connectivity index (χ3n) is 3.86. The summed E-state index contributed by atoms with van der Waals surface area (Å²) >= 11 is 0. The number of aromatic nitrogens is 2. The maximum absolute atomic E-state index is 6.00. The van der Waals surface area contributed by atoms with Crippen LogP contribution >= 0.6 is 0 Å². The van der Waals surface area contributed by atoms with Gasteiger partial charge in [0.15, 0.2) is 11.4 Å². The van der Waals surface area contributed by atoms with Gasteiger partial charge in [-0.1, -0.05) is 12.1 Å². The molecule has 1 aliphatic heterocycles. The fourth-order valence-electron chi connectivity index (χ4n) is 3.09. The van der Waals surface area contributed by atoms with Crippen LogP contribution in [-0.2, 0) is 4.74 Å². The van der Waals surface area contributed by atoms with Gasteiger partial charge in [-0.25, -0.2) is 9.97 Å². The van der Waals surface area contributed by atoms with Gasteiger partial charge in [0.2, 0.25) is 0 Å². The van der Waals surface area contributed by atoms with Gasteiger partial charge >= 0.3 is 0 Å². The van der Waals surface area contributed by atoms with Gasteiger partial charge in [-0.05, 0) is 26.0 Å². The van der Waals surface area contributed by atoms with Crippen LogP contribution in [0.1, 0.15) is 13.8 Å². The molecule has 0 bridgehead atoms. The summed E-state index contributed by atoms with van der Waals surface area (Å²) in [5.41, 5.74) is 2.49. The average molecular weight is 283 g/mol. The van der Waals surface area contributed by atoms with E-state index in [2.05, 4.69) is 28.7 Å². The number of nitrogens with zero attached hydrogens (tertiary/aromatic N) is 3. The van der Waals surface area contributed by atoms with Gasteiger partial charge in [-0.15, -0.1) is 0 Å². The number of morpholine rings is 1. The number of anilines is 1. The van der Waals surface area contributed by atoms with Crippen LogP contribution in [0.5, 0.6) is 0 Å². The van der Waals surface area contributed by atoms with Crippen molar-refractivity contribution in [2.45, 2.75) is 26.1 Å². The predicted molar refractivity (Wildman–Crippen MR) is 81.5 cm³/mol. The van der Waals surface area contributed by atoms with Crippen molar-refractivity contribution in [3.05, 3.63) is 30.6 Å². The lowest BCUT2D eigenvalue weighted by molar-refractivity contribution is -0.00541. The summed E-state index contributed by atoms with van der Waals surface area (Å²) in [7, 11) is 0. The highest BCUT2D eigenvalue weighted by atomic mass is 16.5. The zero-order valence-electron chi connectivity index (χ0n) is 12.1. The highest BCUT2D eigenvalue weighted by molar-refractivity contribution is 6.05. The van der Waals surface area contributed by atoms with E-state index in [9.17, 15) is 0 Å². The van der Waals surface area contributed by atoms with Crippen LogP contribution < -0.4 is 4.90 Å². The monoisotopic (exact) mass is 283 g/mol. The van der Waals surface area contributed by atoms with Crippen molar-refractivity contribution in [2.75, 3.05) is 18.0 Å². The summed E-state index contributed by atoms with van der Waals surface area (Å²) < 4.78 is 11.8. The Balaban J connectivity index is 1.88. The Hall–Kier alpha value is -2.14. The van der Waals surface area contributed by atoms with Crippen molar-refractivity contribution in [1.29, 1.82) is 0 Å². The van der Waals surface area contributed by atoms with E-state index in [1.54, 1.807) is 6.33 Å². The number of ether oxygens (including phenoxy) is 1. The molecule has 0 N–H and O–H groups in total. The minimum Gasteiger partial charge on any atom is -0.450 e. The lowest BCUT2D eigenvalue weighted by Gasteiger charge is -2.35. The van der Waals surface area contributed by atoms with Gasteiger partial charge in [0, 0.05) is 18.5 Å². The molecule has 3 aromatic rings. The molecule has 5 heteroatoms. The summed E-state index contributed by atoms with van der Waals surface area (Å²) in [6, 6.07) is 7.96. The van der Waals surface area contributed by atoms with Crippen LogP contribution in [0.3, 0.4) is 0 Å². The molecular formula is C16H17N3O2. The van der Waals surface area contributed by atoms with Crippen LogP contribution in [0.15, 0.2) is 35.0 Å². The summed E-state index contributed by atoms with van der Waals surface area (Å²) in [6.45, 7) is 5.79. The largest absolute Gasteiger partial charge is 0.450 e. The van der Waals surface area contributed by atoms with Crippen LogP contribution in [-0.4, -0.2) is 35.3 Å². The quantitative estimate of drug-likeness (QED) is 0.687. The number of fused-ring (bicyclic) bond motifs is 3. The zero-order chi connectivity index (χ0) is 14.4. The average Bonchev–Trinajstić information content (AvgIpc) is 2.84. The highest BCUT2D eigenvalue weighted by Gasteiger charge is 2.26. The van der Waals surface area contributed by atoms with E-state index in [0.717, 1.165) is 41.0 Å². The number of para-hydroxylation sites is 1. The van der Waals surface area contributed by atoms with Crippen molar-refractivity contribution in [2.24, 2.45) is 0 Å². The first-order valence-corrected chi connectivity index (χ1v) is 7.25. The zero-order valence-corrected chi connectivity index (χ0v) is 12.1. The molecule has 0 aliphatic carbocycles. The molecule has 0 unspecified atom stereocenters. The number of furan rings is 1. The molecule has 1 fully saturated rings. The van der Waals surface area contributed by atoms with E-state index >= 15 is 0 Å². The van der Waals surface area contributed by atoms with Crippen LogP contribution in [0.2, 0.25) is 0 Å². The number of hydrogen-bond donors (Lipinski definition) is 0. The van der Waals surface area contributed by atoms with Crippen LogP contribution in [0.25, 0.3) is 22.1 Å². The summed E-state index contributed by atoms with van der Waals surface area (Å²) in [4.78, 5) is 11.1. The van der Waals surface area contributed by atoms with Gasteiger partial charge in [-0.3, -0.25) is 0 Å². The molecule has 0 amide bonds. The second kappa shape index (κ2) is 4.70. The van der Waals surface area contributed by atoms with Crippen LogP contribution in [0, 0.1) is 0 Å². The normalized spacial score (nSPS) is 23.0. The lowest BCUT2D eigenvalue weighted by atomic mass is 10.2. The molecule has 1 saturated heterocycles. The Morgan fingerprint density at radius 3 is 2.67 bits per heavy atom. The third-order valence-corrected chi connectivity index (χ3v) is 3.86. The molecule has 2 atom stereocenters. The first-order valence-electron chi connectivity index (χ1n) is 7.25.